The van der Waals surface area contributed by atoms with Crippen molar-refractivity contribution in [3.05, 3.63) is 81.8 Å². The minimum absolute atomic E-state index is 0.248. The molecule has 27 heavy (non-hydrogen) atoms. The molecule has 0 saturated heterocycles. The molecule has 4 aromatic rings. The van der Waals surface area contributed by atoms with Crippen LogP contribution in [0.1, 0.15) is 28.8 Å². The van der Waals surface area contributed by atoms with Gasteiger partial charge in [-0.3, -0.25) is 4.79 Å². The molecule has 0 amide bonds. The molecule has 0 bridgehead atoms. The molecule has 1 aliphatic rings. The van der Waals surface area contributed by atoms with E-state index in [0.717, 1.165) is 40.3 Å². The van der Waals surface area contributed by atoms with Crippen molar-refractivity contribution in [1.29, 1.82) is 0 Å². The van der Waals surface area contributed by atoms with Crippen molar-refractivity contribution in [2.75, 3.05) is 0 Å². The number of ketones is 1. The number of carbonyl (C=O) groups excluding carboxylic acids is 1. The van der Waals surface area contributed by atoms with E-state index in [2.05, 4.69) is 30.3 Å². The summed E-state index contributed by atoms with van der Waals surface area (Å²) in [6, 6.07) is 20.3. The van der Waals surface area contributed by atoms with Gasteiger partial charge >= 0.3 is 0 Å². The van der Waals surface area contributed by atoms with Crippen molar-refractivity contribution in [3.63, 3.8) is 0 Å². The molecule has 0 aliphatic heterocycles. The van der Waals surface area contributed by atoms with Gasteiger partial charge in [0.25, 0.3) is 0 Å². The van der Waals surface area contributed by atoms with Crippen LogP contribution < -0.4 is 0 Å². The normalized spacial score (nSPS) is 13.9. The molecule has 0 aromatic heterocycles. The van der Waals surface area contributed by atoms with Gasteiger partial charge in [-0.25, -0.2) is 0 Å². The second-order valence-corrected chi connectivity index (χ2v) is 7.90. The topological polar surface area (TPSA) is 17.1 Å². The average Bonchev–Trinajstić information content (AvgIpc) is 2.68. The highest BCUT2D eigenvalue weighted by atomic mass is 35.5. The maximum absolute atomic E-state index is 12.4. The first-order chi connectivity index (χ1) is 13.1. The molecule has 3 heteroatoms. The summed E-state index contributed by atoms with van der Waals surface area (Å²) in [5, 5.41) is 5.92. The lowest BCUT2D eigenvalue weighted by molar-refractivity contribution is 0.0973. The van der Waals surface area contributed by atoms with Crippen molar-refractivity contribution < 1.29 is 4.79 Å². The number of Topliss-reactive ketones (excluding diaryl/α,β-unsaturated/α-hetero) is 1. The van der Waals surface area contributed by atoms with E-state index in [1.807, 2.05) is 24.3 Å². The number of benzene rings is 4. The zero-order valence-corrected chi connectivity index (χ0v) is 16.1. The van der Waals surface area contributed by atoms with Crippen LogP contribution in [0.5, 0.6) is 0 Å². The number of halogens is 2. The summed E-state index contributed by atoms with van der Waals surface area (Å²) >= 11 is 12.7. The zero-order chi connectivity index (χ0) is 18.5. The Labute approximate surface area is 167 Å². The van der Waals surface area contributed by atoms with Crippen LogP contribution in [0.2, 0.25) is 10.0 Å². The summed E-state index contributed by atoms with van der Waals surface area (Å²) in [6.07, 6.45) is 2.49. The number of hydrogen-bond acceptors (Lipinski definition) is 1. The van der Waals surface area contributed by atoms with E-state index >= 15 is 0 Å². The summed E-state index contributed by atoms with van der Waals surface area (Å²) in [5.41, 5.74) is 4.07. The smallest absolute Gasteiger partial charge is 0.163 e. The van der Waals surface area contributed by atoms with Crippen molar-refractivity contribution in [2.45, 2.75) is 19.3 Å². The summed E-state index contributed by atoms with van der Waals surface area (Å²) in [5.74, 6) is 0.248. The molecule has 1 nitrogen and oxygen atoms in total. The molecule has 0 atom stereocenters. The molecule has 0 radical (unpaired) electrons. The minimum atomic E-state index is 0.248. The Hall–Kier alpha value is -2.35. The van der Waals surface area contributed by atoms with E-state index in [1.54, 1.807) is 6.07 Å². The van der Waals surface area contributed by atoms with Gasteiger partial charge in [-0.15, -0.1) is 0 Å². The number of rotatable bonds is 1. The number of fused-ring (bicyclic) bond motifs is 5. The summed E-state index contributed by atoms with van der Waals surface area (Å²) in [6.45, 7) is 0. The van der Waals surface area contributed by atoms with Crippen molar-refractivity contribution >= 4 is 50.5 Å². The molecule has 4 aromatic carbocycles. The highest BCUT2D eigenvalue weighted by Crippen LogP contribution is 2.41. The van der Waals surface area contributed by atoms with Crippen LogP contribution >= 0.6 is 23.2 Å². The van der Waals surface area contributed by atoms with Gasteiger partial charge in [0.05, 0.1) is 0 Å². The van der Waals surface area contributed by atoms with Crippen LogP contribution in [0, 0.1) is 0 Å². The Kier molecular flexibility index (Phi) is 3.96. The third-order valence-corrected chi connectivity index (χ3v) is 6.05. The number of carbonyl (C=O) groups is 1. The molecular formula is C24H16Cl2O. The number of aryl methyl sites for hydroxylation is 1. The Morgan fingerprint density at radius 3 is 2.22 bits per heavy atom. The van der Waals surface area contributed by atoms with Crippen LogP contribution in [-0.2, 0) is 6.42 Å². The summed E-state index contributed by atoms with van der Waals surface area (Å²) in [7, 11) is 0. The maximum Gasteiger partial charge on any atom is 0.163 e. The van der Waals surface area contributed by atoms with Gasteiger partial charge in [-0.2, -0.15) is 0 Å². The highest BCUT2D eigenvalue weighted by Gasteiger charge is 2.21. The first kappa shape index (κ1) is 16.8. The monoisotopic (exact) mass is 390 g/mol. The quantitative estimate of drug-likeness (QED) is 0.307. The van der Waals surface area contributed by atoms with E-state index in [4.69, 9.17) is 23.2 Å². The Morgan fingerprint density at radius 1 is 0.667 bits per heavy atom. The van der Waals surface area contributed by atoms with E-state index < -0.39 is 0 Å². The van der Waals surface area contributed by atoms with Gasteiger partial charge in [0, 0.05) is 27.6 Å². The first-order valence-electron chi connectivity index (χ1n) is 9.09. The fraction of sp³-hybridized carbons (Fsp3) is 0.125. The second kappa shape index (κ2) is 6.37. The fourth-order valence-electron chi connectivity index (χ4n) is 4.26. The SMILES string of the molecule is O=C1CCCc2c1ccc1c2cc(-c2ccc(Cl)cc2Cl)c2ccccc21. The van der Waals surface area contributed by atoms with Gasteiger partial charge in [-0.05, 0) is 63.7 Å². The minimum Gasteiger partial charge on any atom is -0.294 e. The molecule has 0 saturated carbocycles. The van der Waals surface area contributed by atoms with Gasteiger partial charge < -0.3 is 0 Å². The van der Waals surface area contributed by atoms with Crippen LogP contribution in [0.3, 0.4) is 0 Å². The first-order valence-corrected chi connectivity index (χ1v) is 9.85. The lowest BCUT2D eigenvalue weighted by Crippen LogP contribution is -2.11. The van der Waals surface area contributed by atoms with E-state index in [0.29, 0.717) is 16.5 Å². The van der Waals surface area contributed by atoms with E-state index in [-0.39, 0.29) is 5.78 Å². The van der Waals surface area contributed by atoms with Crippen molar-refractivity contribution in [1.82, 2.24) is 0 Å². The average molecular weight is 391 g/mol. The molecule has 1 aliphatic carbocycles. The van der Waals surface area contributed by atoms with Crippen molar-refractivity contribution in [3.8, 4) is 11.1 Å². The zero-order valence-electron chi connectivity index (χ0n) is 14.6. The number of hydrogen-bond donors (Lipinski definition) is 0. The van der Waals surface area contributed by atoms with E-state index in [1.165, 1.54) is 16.3 Å². The molecule has 0 heterocycles. The molecular weight excluding hydrogens is 375 g/mol. The predicted octanol–water partition coefficient (Wildman–Crippen LogP) is 7.49. The Balaban J connectivity index is 1.93. The highest BCUT2D eigenvalue weighted by molar-refractivity contribution is 6.37. The third kappa shape index (κ3) is 2.65. The second-order valence-electron chi connectivity index (χ2n) is 7.06. The maximum atomic E-state index is 12.4. The molecule has 0 spiro atoms. The van der Waals surface area contributed by atoms with Gasteiger partial charge in [0.15, 0.2) is 5.78 Å². The van der Waals surface area contributed by atoms with Crippen molar-refractivity contribution in [2.24, 2.45) is 0 Å². The third-order valence-electron chi connectivity index (χ3n) is 5.51. The van der Waals surface area contributed by atoms with Crippen LogP contribution in [-0.4, -0.2) is 5.78 Å². The van der Waals surface area contributed by atoms with Crippen LogP contribution in [0.15, 0.2) is 60.7 Å². The Bertz CT molecular complexity index is 1240. The lowest BCUT2D eigenvalue weighted by Gasteiger charge is -2.20. The molecule has 0 unspecified atom stereocenters. The molecule has 0 N–H and O–H groups in total. The van der Waals surface area contributed by atoms with Gasteiger partial charge in [-0.1, -0.05) is 65.7 Å². The largest absolute Gasteiger partial charge is 0.294 e. The molecule has 5 rings (SSSR count). The standard InChI is InChI=1S/C24H16Cl2O/c25-14-8-9-19(23(26)12-14)22-13-21-17-6-3-7-24(27)20(17)11-10-18(21)15-4-1-2-5-16(15)22/h1-2,4-5,8-13H,3,6-7H2. The predicted molar refractivity (Wildman–Crippen MR) is 114 cm³/mol. The van der Waals surface area contributed by atoms with Crippen LogP contribution in [0.25, 0.3) is 32.7 Å². The summed E-state index contributed by atoms with van der Waals surface area (Å²) < 4.78 is 0. The lowest BCUT2D eigenvalue weighted by atomic mass is 9.84. The Morgan fingerprint density at radius 2 is 1.41 bits per heavy atom. The fourth-order valence-corrected chi connectivity index (χ4v) is 4.77. The molecule has 0 fully saturated rings. The van der Waals surface area contributed by atoms with Gasteiger partial charge in [0.2, 0.25) is 0 Å². The summed E-state index contributed by atoms with van der Waals surface area (Å²) in [4.78, 5) is 12.4. The van der Waals surface area contributed by atoms with Gasteiger partial charge in [0.1, 0.15) is 0 Å². The van der Waals surface area contributed by atoms with E-state index in [9.17, 15) is 4.79 Å². The van der Waals surface area contributed by atoms with Crippen LogP contribution in [0.4, 0.5) is 0 Å². The molecule has 132 valence electrons.